The Morgan fingerprint density at radius 1 is 1.10 bits per heavy atom. The summed E-state index contributed by atoms with van der Waals surface area (Å²) in [6.45, 7) is 21.3. The summed E-state index contributed by atoms with van der Waals surface area (Å²) >= 11 is 0. The van der Waals surface area contributed by atoms with Gasteiger partial charge in [-0.2, -0.15) is 0 Å². The van der Waals surface area contributed by atoms with Crippen LogP contribution in [0.3, 0.4) is 0 Å². The molecule has 0 aromatic rings. The maximum atomic E-state index is 11.7. The number of allylic oxidation sites excluding steroid dienone is 1. The molecule has 0 spiro atoms. The van der Waals surface area contributed by atoms with Crippen molar-refractivity contribution in [2.45, 2.75) is 72.0 Å². The molecule has 0 rings (SSSR count). The van der Waals surface area contributed by atoms with Crippen LogP contribution in [0.2, 0.25) is 16.6 Å². The van der Waals surface area contributed by atoms with Gasteiger partial charge in [0.1, 0.15) is 5.76 Å². The molecule has 0 aliphatic heterocycles. The van der Waals surface area contributed by atoms with Crippen LogP contribution in [0.1, 0.15) is 55.4 Å². The van der Waals surface area contributed by atoms with Gasteiger partial charge in [-0.1, -0.05) is 48.1 Å². The predicted octanol–water partition coefficient (Wildman–Crippen LogP) is 5.20. The normalized spacial score (nSPS) is 13.0. The van der Waals surface area contributed by atoms with E-state index in [0.29, 0.717) is 29.0 Å². The summed E-state index contributed by atoms with van der Waals surface area (Å²) < 4.78 is 11.5. The highest BCUT2D eigenvalue weighted by molar-refractivity contribution is 6.77. The Labute approximate surface area is 131 Å². The minimum absolute atomic E-state index is 0.361. The lowest BCUT2D eigenvalue weighted by atomic mass is 10.3. The van der Waals surface area contributed by atoms with Crippen LogP contribution in [0, 0.1) is 0 Å². The van der Waals surface area contributed by atoms with Gasteiger partial charge in [-0.3, -0.25) is 0 Å². The Hall–Kier alpha value is -1.03. The molecule has 0 aromatic heterocycles. The summed E-state index contributed by atoms with van der Waals surface area (Å²) in [6.07, 6.45) is 1.45. The third kappa shape index (κ3) is 5.02. The number of carbonyl (C=O) groups is 1. The van der Waals surface area contributed by atoms with Gasteiger partial charge in [-0.05, 0) is 36.0 Å². The van der Waals surface area contributed by atoms with Crippen molar-refractivity contribution in [1.82, 2.24) is 0 Å². The molecule has 122 valence electrons. The van der Waals surface area contributed by atoms with Crippen LogP contribution in [0.25, 0.3) is 0 Å². The second-order valence-electron chi connectivity index (χ2n) is 6.46. The lowest BCUT2D eigenvalue weighted by Crippen LogP contribution is -2.47. The van der Waals surface area contributed by atoms with Gasteiger partial charge in [0.2, 0.25) is 0 Å². The van der Waals surface area contributed by atoms with Gasteiger partial charge in [0.15, 0.2) is 0 Å². The summed E-state index contributed by atoms with van der Waals surface area (Å²) in [7, 11) is -2.08. The van der Waals surface area contributed by atoms with E-state index in [-0.39, 0.29) is 5.97 Å². The third-order valence-electron chi connectivity index (χ3n) is 3.95. The van der Waals surface area contributed by atoms with Crippen LogP contribution in [0.5, 0.6) is 0 Å². The molecule has 0 heterocycles. The summed E-state index contributed by atoms with van der Waals surface area (Å²) in [5.74, 6) is 0.214. The van der Waals surface area contributed by atoms with Gasteiger partial charge >= 0.3 is 5.97 Å². The Morgan fingerprint density at radius 3 is 1.81 bits per heavy atom. The largest absolute Gasteiger partial charge is 0.542 e. The van der Waals surface area contributed by atoms with Crippen molar-refractivity contribution in [2.75, 3.05) is 6.61 Å². The van der Waals surface area contributed by atoms with E-state index in [4.69, 9.17) is 9.16 Å². The lowest BCUT2D eigenvalue weighted by molar-refractivity contribution is -0.137. The average Bonchev–Trinajstić information content (AvgIpc) is 2.32. The maximum absolute atomic E-state index is 11.7. The quantitative estimate of drug-likeness (QED) is 0.203. The minimum atomic E-state index is -2.08. The summed E-state index contributed by atoms with van der Waals surface area (Å²) in [4.78, 5) is 11.7. The Bertz CT molecular complexity index is 373. The molecule has 0 fully saturated rings. The van der Waals surface area contributed by atoms with Gasteiger partial charge in [0, 0.05) is 0 Å². The van der Waals surface area contributed by atoms with Crippen molar-refractivity contribution >= 4 is 14.3 Å². The number of ether oxygens (including phenoxy) is 1. The average molecular weight is 313 g/mol. The zero-order valence-electron chi connectivity index (χ0n) is 14.9. The molecule has 0 bridgehead atoms. The monoisotopic (exact) mass is 312 g/mol. The summed E-state index contributed by atoms with van der Waals surface area (Å²) in [6, 6.07) is 0. The first-order valence-electron chi connectivity index (χ1n) is 7.82. The van der Waals surface area contributed by atoms with Crippen LogP contribution >= 0.6 is 0 Å². The van der Waals surface area contributed by atoms with E-state index < -0.39 is 8.32 Å². The van der Waals surface area contributed by atoms with E-state index in [0.717, 1.165) is 5.57 Å². The highest BCUT2D eigenvalue weighted by Crippen LogP contribution is 2.44. The Balaban J connectivity index is 5.64. The molecule has 3 nitrogen and oxygen atoms in total. The molecule has 0 amide bonds. The SMILES string of the molecule is C=C(C)/C(=C/C(=O)OCC)O[Si](C(C)C)(C(C)C)C(C)C. The molecule has 0 aliphatic rings. The number of esters is 1. The molecular formula is C17H32O3Si. The van der Waals surface area contributed by atoms with Crippen LogP contribution in [-0.2, 0) is 14.0 Å². The molecule has 21 heavy (non-hydrogen) atoms. The van der Waals surface area contributed by atoms with E-state index in [1.807, 2.05) is 6.92 Å². The van der Waals surface area contributed by atoms with Gasteiger partial charge < -0.3 is 9.16 Å². The zero-order chi connectivity index (χ0) is 16.8. The molecule has 0 atom stereocenters. The van der Waals surface area contributed by atoms with Crippen molar-refractivity contribution in [3.63, 3.8) is 0 Å². The lowest BCUT2D eigenvalue weighted by Gasteiger charge is -2.43. The Kier molecular flexibility index (Phi) is 8.01. The summed E-state index contributed by atoms with van der Waals surface area (Å²) in [5, 5.41) is 0. The van der Waals surface area contributed by atoms with E-state index in [1.165, 1.54) is 6.08 Å². The Morgan fingerprint density at radius 2 is 1.52 bits per heavy atom. The van der Waals surface area contributed by atoms with Crippen molar-refractivity contribution in [2.24, 2.45) is 0 Å². The molecule has 0 saturated heterocycles. The topological polar surface area (TPSA) is 35.5 Å². The minimum Gasteiger partial charge on any atom is -0.542 e. The van der Waals surface area contributed by atoms with Crippen molar-refractivity contribution in [3.8, 4) is 0 Å². The molecule has 0 unspecified atom stereocenters. The van der Waals surface area contributed by atoms with Crippen molar-refractivity contribution < 1.29 is 14.0 Å². The van der Waals surface area contributed by atoms with E-state index in [9.17, 15) is 4.79 Å². The number of rotatable bonds is 8. The van der Waals surface area contributed by atoms with Crippen LogP contribution in [-0.4, -0.2) is 20.9 Å². The maximum Gasteiger partial charge on any atom is 0.334 e. The summed E-state index contributed by atoms with van der Waals surface area (Å²) in [5.41, 5.74) is 2.11. The highest BCUT2D eigenvalue weighted by atomic mass is 28.4. The highest BCUT2D eigenvalue weighted by Gasteiger charge is 2.47. The number of carbonyl (C=O) groups excluding carboxylic acids is 1. The zero-order valence-corrected chi connectivity index (χ0v) is 15.9. The predicted molar refractivity (Wildman–Crippen MR) is 91.7 cm³/mol. The molecule has 0 N–H and O–H groups in total. The van der Waals surface area contributed by atoms with Crippen LogP contribution in [0.15, 0.2) is 24.0 Å². The molecule has 0 saturated carbocycles. The molecular weight excluding hydrogens is 280 g/mol. The second-order valence-corrected chi connectivity index (χ2v) is 11.8. The first kappa shape index (κ1) is 20.0. The standard InChI is InChI=1S/C17H32O3Si/c1-10-19-17(18)11-16(12(2)3)20-21(13(4)5,14(6)7)15(8)9/h11,13-15H,2,10H2,1,3-9H3/b16-11-. The van der Waals surface area contributed by atoms with Gasteiger partial charge in [0.05, 0.1) is 12.7 Å². The fraction of sp³-hybridized carbons (Fsp3) is 0.706. The first-order valence-corrected chi connectivity index (χ1v) is 9.96. The van der Waals surface area contributed by atoms with Gasteiger partial charge in [-0.25, -0.2) is 4.79 Å². The van der Waals surface area contributed by atoms with E-state index in [2.05, 4.69) is 48.1 Å². The molecule has 0 radical (unpaired) electrons. The van der Waals surface area contributed by atoms with Crippen molar-refractivity contribution in [3.05, 3.63) is 24.0 Å². The second kappa shape index (κ2) is 8.42. The van der Waals surface area contributed by atoms with Crippen molar-refractivity contribution in [1.29, 1.82) is 0 Å². The molecule has 4 heteroatoms. The van der Waals surface area contributed by atoms with Crippen LogP contribution in [0.4, 0.5) is 0 Å². The third-order valence-corrected chi connectivity index (χ3v) is 9.94. The van der Waals surface area contributed by atoms with Crippen LogP contribution < -0.4 is 0 Å². The van der Waals surface area contributed by atoms with Gasteiger partial charge in [0.25, 0.3) is 8.32 Å². The fourth-order valence-corrected chi connectivity index (χ4v) is 8.40. The number of hydrogen-bond donors (Lipinski definition) is 0. The fourth-order valence-electron chi connectivity index (χ4n) is 3.07. The molecule has 0 aliphatic carbocycles. The smallest absolute Gasteiger partial charge is 0.334 e. The van der Waals surface area contributed by atoms with Gasteiger partial charge in [-0.15, -0.1) is 0 Å². The molecule has 0 aromatic carbocycles. The number of hydrogen-bond acceptors (Lipinski definition) is 3. The van der Waals surface area contributed by atoms with E-state index >= 15 is 0 Å². The first-order chi connectivity index (χ1) is 9.59. The van der Waals surface area contributed by atoms with E-state index in [1.54, 1.807) is 6.92 Å².